The van der Waals surface area contributed by atoms with Crippen molar-refractivity contribution in [2.45, 2.75) is 32.4 Å². The Bertz CT molecular complexity index is 831. The number of fused-ring (bicyclic) bond motifs is 1. The van der Waals surface area contributed by atoms with Gasteiger partial charge in [-0.3, -0.25) is 4.79 Å². The lowest BCUT2D eigenvalue weighted by Gasteiger charge is -2.26. The summed E-state index contributed by atoms with van der Waals surface area (Å²) in [4.78, 5) is 31.2. The zero-order valence-corrected chi connectivity index (χ0v) is 13.1. The van der Waals surface area contributed by atoms with E-state index >= 15 is 0 Å². The Morgan fingerprint density at radius 2 is 2.13 bits per heavy atom. The Kier molecular flexibility index (Phi) is 3.61. The fourth-order valence-corrected chi connectivity index (χ4v) is 2.03. The molecule has 0 aliphatic heterocycles. The van der Waals surface area contributed by atoms with Gasteiger partial charge < -0.3 is 20.4 Å². The topological polar surface area (TPSA) is 120 Å². The molecule has 0 bridgehead atoms. The van der Waals surface area contributed by atoms with Crippen molar-refractivity contribution in [2.75, 3.05) is 0 Å². The molecule has 3 aromatic rings. The van der Waals surface area contributed by atoms with E-state index in [1.807, 2.05) is 0 Å². The molecule has 3 rings (SSSR count). The molecule has 3 aromatic heterocycles. The molecular weight excluding hydrogens is 296 g/mol. The first-order valence-electron chi connectivity index (χ1n) is 7.23. The predicted octanol–water partition coefficient (Wildman–Crippen LogP) is 1.24. The van der Waals surface area contributed by atoms with E-state index < -0.39 is 11.6 Å². The van der Waals surface area contributed by atoms with Gasteiger partial charge in [0.1, 0.15) is 11.2 Å². The Morgan fingerprint density at radius 3 is 2.78 bits per heavy atom. The number of aliphatic hydroxyl groups is 1. The Labute approximate surface area is 132 Å². The summed E-state index contributed by atoms with van der Waals surface area (Å²) in [6.07, 6.45) is 6.45. The molecule has 0 unspecified atom stereocenters. The summed E-state index contributed by atoms with van der Waals surface area (Å²) in [6.45, 7) is 5.02. The van der Waals surface area contributed by atoms with Crippen molar-refractivity contribution in [2.24, 2.45) is 0 Å². The van der Waals surface area contributed by atoms with Gasteiger partial charge in [0.15, 0.2) is 11.5 Å². The van der Waals surface area contributed by atoms with Crippen LogP contribution in [0.3, 0.4) is 0 Å². The lowest BCUT2D eigenvalue weighted by molar-refractivity contribution is 0.0409. The van der Waals surface area contributed by atoms with Gasteiger partial charge in [-0.1, -0.05) is 0 Å². The normalized spacial score (nSPS) is 13.2. The SMILES string of the molecule is C[C@@H](NC(=O)c1c[nH]c2ncc(-c3ncc[nH]3)nc12)C(C)(C)O. The van der Waals surface area contributed by atoms with Gasteiger partial charge in [-0.05, 0) is 20.8 Å². The number of rotatable bonds is 4. The standard InChI is InChI=1S/C15H18N6O2/c1-8(15(2,3)23)20-14(22)9-6-18-13-11(9)21-10(7-19-13)12-16-4-5-17-12/h4-8,23H,1-3H3,(H,16,17)(H,18,19)(H,20,22)/t8-/m1/s1. The smallest absolute Gasteiger partial charge is 0.255 e. The lowest BCUT2D eigenvalue weighted by Crippen LogP contribution is -2.47. The number of aromatic nitrogens is 5. The summed E-state index contributed by atoms with van der Waals surface area (Å²) in [7, 11) is 0. The number of nitrogens with zero attached hydrogens (tertiary/aromatic N) is 3. The fraction of sp³-hybridized carbons (Fsp3) is 0.333. The van der Waals surface area contributed by atoms with Crippen LogP contribution in [-0.2, 0) is 0 Å². The van der Waals surface area contributed by atoms with Crippen LogP contribution in [0.4, 0.5) is 0 Å². The van der Waals surface area contributed by atoms with Crippen LogP contribution in [0.2, 0.25) is 0 Å². The zero-order chi connectivity index (χ0) is 16.6. The number of H-pyrrole nitrogens is 2. The van der Waals surface area contributed by atoms with Crippen molar-refractivity contribution >= 4 is 17.1 Å². The molecule has 0 saturated carbocycles. The summed E-state index contributed by atoms with van der Waals surface area (Å²) in [5.41, 5.74) is 0.872. The van der Waals surface area contributed by atoms with E-state index in [0.29, 0.717) is 28.2 Å². The number of carbonyl (C=O) groups is 1. The van der Waals surface area contributed by atoms with E-state index in [2.05, 4.69) is 30.2 Å². The molecule has 120 valence electrons. The van der Waals surface area contributed by atoms with Crippen LogP contribution in [-0.4, -0.2) is 47.6 Å². The van der Waals surface area contributed by atoms with Gasteiger partial charge in [-0.15, -0.1) is 0 Å². The average Bonchev–Trinajstić information content (AvgIpc) is 3.15. The van der Waals surface area contributed by atoms with E-state index in [9.17, 15) is 9.90 Å². The van der Waals surface area contributed by atoms with Crippen molar-refractivity contribution in [3.8, 4) is 11.5 Å². The molecule has 1 amide bonds. The number of amides is 1. The minimum absolute atomic E-state index is 0.322. The van der Waals surface area contributed by atoms with Crippen LogP contribution in [0.5, 0.6) is 0 Å². The summed E-state index contributed by atoms with van der Waals surface area (Å²) in [6, 6.07) is -0.416. The highest BCUT2D eigenvalue weighted by molar-refractivity contribution is 6.04. The van der Waals surface area contributed by atoms with E-state index in [1.165, 1.54) is 0 Å². The van der Waals surface area contributed by atoms with Crippen LogP contribution < -0.4 is 5.32 Å². The molecule has 8 nitrogen and oxygen atoms in total. The van der Waals surface area contributed by atoms with Crippen LogP contribution in [0.25, 0.3) is 22.7 Å². The molecule has 4 N–H and O–H groups in total. The molecule has 0 aromatic carbocycles. The summed E-state index contributed by atoms with van der Waals surface area (Å²) in [5, 5.41) is 12.7. The minimum atomic E-state index is -1.02. The maximum absolute atomic E-state index is 12.4. The number of hydrogen-bond acceptors (Lipinski definition) is 5. The third-order valence-electron chi connectivity index (χ3n) is 3.77. The van der Waals surface area contributed by atoms with Gasteiger partial charge >= 0.3 is 0 Å². The molecule has 23 heavy (non-hydrogen) atoms. The van der Waals surface area contributed by atoms with Crippen molar-refractivity contribution < 1.29 is 9.90 Å². The first-order chi connectivity index (χ1) is 10.9. The minimum Gasteiger partial charge on any atom is -0.388 e. The molecule has 8 heteroatoms. The summed E-state index contributed by atoms with van der Waals surface area (Å²) in [5.74, 6) is 0.258. The van der Waals surface area contributed by atoms with Crippen molar-refractivity contribution in [1.82, 2.24) is 30.2 Å². The highest BCUT2D eigenvalue weighted by Crippen LogP contribution is 2.19. The quantitative estimate of drug-likeness (QED) is 0.577. The molecule has 0 spiro atoms. The summed E-state index contributed by atoms with van der Waals surface area (Å²) < 4.78 is 0. The second-order valence-corrected chi connectivity index (χ2v) is 5.94. The van der Waals surface area contributed by atoms with E-state index in [1.54, 1.807) is 45.6 Å². The predicted molar refractivity (Wildman–Crippen MR) is 84.7 cm³/mol. The third-order valence-corrected chi connectivity index (χ3v) is 3.77. The molecule has 1 atom stereocenters. The highest BCUT2D eigenvalue weighted by Gasteiger charge is 2.25. The summed E-state index contributed by atoms with van der Waals surface area (Å²) >= 11 is 0. The number of imidazole rings is 1. The van der Waals surface area contributed by atoms with Gasteiger partial charge in [-0.25, -0.2) is 15.0 Å². The molecule has 0 fully saturated rings. The van der Waals surface area contributed by atoms with E-state index in [4.69, 9.17) is 0 Å². The van der Waals surface area contributed by atoms with Gasteiger partial charge in [-0.2, -0.15) is 0 Å². The number of nitrogens with one attached hydrogen (secondary N) is 3. The lowest BCUT2D eigenvalue weighted by atomic mass is 10.0. The first-order valence-corrected chi connectivity index (χ1v) is 7.23. The monoisotopic (exact) mass is 314 g/mol. The Hall–Kier alpha value is -2.74. The Balaban J connectivity index is 1.95. The van der Waals surface area contributed by atoms with Crippen LogP contribution in [0, 0.1) is 0 Å². The Morgan fingerprint density at radius 1 is 1.35 bits per heavy atom. The third kappa shape index (κ3) is 2.93. The van der Waals surface area contributed by atoms with Crippen LogP contribution in [0.1, 0.15) is 31.1 Å². The second-order valence-electron chi connectivity index (χ2n) is 5.94. The van der Waals surface area contributed by atoms with E-state index in [-0.39, 0.29) is 5.91 Å². The zero-order valence-electron chi connectivity index (χ0n) is 13.1. The van der Waals surface area contributed by atoms with Crippen LogP contribution >= 0.6 is 0 Å². The molecule has 0 radical (unpaired) electrons. The molecule has 0 aliphatic rings. The molecule has 0 aliphatic carbocycles. The maximum Gasteiger partial charge on any atom is 0.255 e. The van der Waals surface area contributed by atoms with Gasteiger partial charge in [0, 0.05) is 18.6 Å². The molecular formula is C15H18N6O2. The first kappa shape index (κ1) is 15.2. The highest BCUT2D eigenvalue weighted by atomic mass is 16.3. The number of carbonyl (C=O) groups excluding carboxylic acids is 1. The van der Waals surface area contributed by atoms with Crippen molar-refractivity contribution in [3.05, 3.63) is 30.4 Å². The van der Waals surface area contributed by atoms with Crippen molar-refractivity contribution in [1.29, 1.82) is 0 Å². The number of hydrogen-bond donors (Lipinski definition) is 4. The maximum atomic E-state index is 12.4. The number of aromatic amines is 2. The van der Waals surface area contributed by atoms with Gasteiger partial charge in [0.25, 0.3) is 5.91 Å². The van der Waals surface area contributed by atoms with Gasteiger partial charge in [0.05, 0.1) is 23.4 Å². The molecule has 3 heterocycles. The average molecular weight is 314 g/mol. The fourth-order valence-electron chi connectivity index (χ4n) is 2.03. The van der Waals surface area contributed by atoms with Gasteiger partial charge in [0.2, 0.25) is 0 Å². The van der Waals surface area contributed by atoms with Crippen LogP contribution in [0.15, 0.2) is 24.8 Å². The molecule has 0 saturated heterocycles. The second kappa shape index (κ2) is 5.47. The largest absolute Gasteiger partial charge is 0.388 e. The van der Waals surface area contributed by atoms with Crippen molar-refractivity contribution in [3.63, 3.8) is 0 Å². The van der Waals surface area contributed by atoms with E-state index in [0.717, 1.165) is 0 Å².